The summed E-state index contributed by atoms with van der Waals surface area (Å²) in [7, 11) is 0. The van der Waals surface area contributed by atoms with Crippen molar-refractivity contribution in [1.29, 1.82) is 0 Å². The lowest BCUT2D eigenvalue weighted by Gasteiger charge is -2.37. The van der Waals surface area contributed by atoms with Crippen molar-refractivity contribution in [3.63, 3.8) is 0 Å². The summed E-state index contributed by atoms with van der Waals surface area (Å²) in [6.45, 7) is 9.33. The summed E-state index contributed by atoms with van der Waals surface area (Å²) in [5.74, 6) is 0.166. The number of likely N-dealkylation sites (tertiary alicyclic amines) is 1. The summed E-state index contributed by atoms with van der Waals surface area (Å²) in [5.41, 5.74) is 2.14. The quantitative estimate of drug-likeness (QED) is 0.906. The molecule has 110 valence electrons. The van der Waals surface area contributed by atoms with E-state index in [-0.39, 0.29) is 5.91 Å². The van der Waals surface area contributed by atoms with Crippen molar-refractivity contribution >= 4 is 11.6 Å². The number of piperidine rings is 1. The van der Waals surface area contributed by atoms with E-state index in [1.54, 1.807) is 0 Å². The van der Waals surface area contributed by atoms with Crippen LogP contribution in [0.2, 0.25) is 0 Å². The number of nitrogens with zero attached hydrogens (tertiary/aromatic N) is 1. The highest BCUT2D eigenvalue weighted by atomic mass is 16.2. The molecule has 1 aromatic carbocycles. The molecule has 0 aromatic heterocycles. The van der Waals surface area contributed by atoms with Crippen molar-refractivity contribution in [2.75, 3.05) is 25.0 Å². The lowest BCUT2D eigenvalue weighted by atomic mass is 9.82. The Hall–Kier alpha value is -1.51. The fourth-order valence-corrected chi connectivity index (χ4v) is 2.57. The summed E-state index contributed by atoms with van der Waals surface area (Å²) < 4.78 is 0. The fraction of sp³-hybridized carbons (Fsp3) is 0.588. The molecule has 0 radical (unpaired) electrons. The van der Waals surface area contributed by atoms with Gasteiger partial charge in [-0.3, -0.25) is 4.79 Å². The first-order chi connectivity index (χ1) is 9.53. The smallest absolute Gasteiger partial charge is 0.255 e. The summed E-state index contributed by atoms with van der Waals surface area (Å²) in [6.07, 6.45) is 3.23. The second kappa shape index (κ2) is 6.29. The van der Waals surface area contributed by atoms with Gasteiger partial charge in [-0.15, -0.1) is 0 Å². The molecule has 1 heterocycles. The number of hydrogen-bond acceptors (Lipinski definition) is 2. The Kier molecular flexibility index (Phi) is 4.69. The van der Waals surface area contributed by atoms with Gasteiger partial charge in [-0.1, -0.05) is 32.9 Å². The first kappa shape index (κ1) is 14.9. The predicted octanol–water partition coefficient (Wildman–Crippen LogP) is 3.77. The van der Waals surface area contributed by atoms with Gasteiger partial charge in [0.2, 0.25) is 0 Å². The molecule has 1 aromatic rings. The summed E-state index contributed by atoms with van der Waals surface area (Å²) in [4.78, 5) is 14.7. The highest BCUT2D eigenvalue weighted by molar-refractivity contribution is 5.99. The van der Waals surface area contributed by atoms with Crippen molar-refractivity contribution in [2.24, 2.45) is 5.41 Å². The number of nitrogens with one attached hydrogen (secondary N) is 1. The van der Waals surface area contributed by atoms with E-state index < -0.39 is 0 Å². The normalized spacial score (nSPS) is 17.9. The topological polar surface area (TPSA) is 32.3 Å². The summed E-state index contributed by atoms with van der Waals surface area (Å²) in [6, 6.07) is 7.85. The molecular formula is C17H26N2O. The van der Waals surface area contributed by atoms with Gasteiger partial charge in [0.1, 0.15) is 0 Å². The van der Waals surface area contributed by atoms with Crippen molar-refractivity contribution in [1.82, 2.24) is 4.90 Å². The molecule has 0 unspecified atom stereocenters. The Labute approximate surface area is 122 Å². The molecule has 1 aliphatic heterocycles. The Morgan fingerprint density at radius 2 is 1.90 bits per heavy atom. The molecule has 1 saturated heterocycles. The number of carbonyl (C=O) groups excluding carboxylic acids is 1. The van der Waals surface area contributed by atoms with Crippen LogP contribution >= 0.6 is 0 Å². The Morgan fingerprint density at radius 3 is 2.55 bits per heavy atom. The zero-order valence-electron chi connectivity index (χ0n) is 12.9. The van der Waals surface area contributed by atoms with Crippen LogP contribution in [0, 0.1) is 5.41 Å². The number of benzene rings is 1. The molecule has 0 spiro atoms. The monoisotopic (exact) mass is 274 g/mol. The molecule has 0 aliphatic carbocycles. The molecule has 0 bridgehead atoms. The van der Waals surface area contributed by atoms with Gasteiger partial charge in [0, 0.05) is 25.3 Å². The summed E-state index contributed by atoms with van der Waals surface area (Å²) >= 11 is 0. The predicted molar refractivity (Wildman–Crippen MR) is 84.1 cm³/mol. The average molecular weight is 274 g/mol. The molecule has 1 N–H and O–H groups in total. The number of anilines is 1. The van der Waals surface area contributed by atoms with Crippen LogP contribution in [0.25, 0.3) is 0 Å². The molecule has 0 atom stereocenters. The minimum atomic E-state index is 0.166. The van der Waals surface area contributed by atoms with Crippen LogP contribution in [-0.4, -0.2) is 30.4 Å². The van der Waals surface area contributed by atoms with Crippen LogP contribution in [0.3, 0.4) is 0 Å². The van der Waals surface area contributed by atoms with Crippen LogP contribution in [-0.2, 0) is 0 Å². The van der Waals surface area contributed by atoms with Crippen molar-refractivity contribution < 1.29 is 4.79 Å². The fourth-order valence-electron chi connectivity index (χ4n) is 2.57. The summed E-state index contributed by atoms with van der Waals surface area (Å²) in [5, 5.41) is 3.35. The van der Waals surface area contributed by atoms with Gasteiger partial charge in [0.15, 0.2) is 0 Å². The van der Waals surface area contributed by atoms with Gasteiger partial charge in [-0.25, -0.2) is 0 Å². The van der Waals surface area contributed by atoms with Crippen molar-refractivity contribution in [3.8, 4) is 0 Å². The third-order valence-corrected chi connectivity index (χ3v) is 4.13. The third kappa shape index (κ3) is 3.53. The number of rotatable bonds is 4. The lowest BCUT2D eigenvalue weighted by molar-refractivity contribution is 0.0631. The molecule has 1 aliphatic rings. The van der Waals surface area contributed by atoms with E-state index in [2.05, 4.69) is 26.1 Å². The second-order valence-corrected chi connectivity index (χ2v) is 6.43. The minimum Gasteiger partial charge on any atom is -0.384 e. The molecule has 0 saturated carbocycles. The maximum absolute atomic E-state index is 12.7. The van der Waals surface area contributed by atoms with E-state index in [0.717, 1.165) is 50.1 Å². The van der Waals surface area contributed by atoms with Gasteiger partial charge < -0.3 is 10.2 Å². The maximum Gasteiger partial charge on any atom is 0.255 e. The SMILES string of the molecule is CCCNc1ccccc1C(=O)N1CCC(C)(C)CC1. The Balaban J connectivity index is 2.09. The lowest BCUT2D eigenvalue weighted by Crippen LogP contribution is -2.41. The zero-order valence-corrected chi connectivity index (χ0v) is 12.9. The Bertz CT molecular complexity index is 458. The highest BCUT2D eigenvalue weighted by Gasteiger charge is 2.28. The largest absolute Gasteiger partial charge is 0.384 e. The average Bonchev–Trinajstić information content (AvgIpc) is 2.45. The van der Waals surface area contributed by atoms with Gasteiger partial charge in [0.05, 0.1) is 5.56 Å². The molecular weight excluding hydrogens is 248 g/mol. The van der Waals surface area contributed by atoms with E-state index in [0.29, 0.717) is 5.41 Å². The third-order valence-electron chi connectivity index (χ3n) is 4.13. The standard InChI is InChI=1S/C17H26N2O/c1-4-11-18-15-8-6-5-7-14(15)16(20)19-12-9-17(2,3)10-13-19/h5-8,18H,4,9-13H2,1-3H3. The van der Waals surface area contributed by atoms with Crippen molar-refractivity contribution in [2.45, 2.75) is 40.0 Å². The zero-order chi connectivity index (χ0) is 14.6. The number of carbonyl (C=O) groups is 1. The van der Waals surface area contributed by atoms with Gasteiger partial charge in [-0.2, -0.15) is 0 Å². The maximum atomic E-state index is 12.7. The van der Waals surface area contributed by atoms with Crippen LogP contribution in [0.1, 0.15) is 50.4 Å². The van der Waals surface area contributed by atoms with E-state index in [9.17, 15) is 4.79 Å². The molecule has 3 nitrogen and oxygen atoms in total. The minimum absolute atomic E-state index is 0.166. The Morgan fingerprint density at radius 1 is 1.25 bits per heavy atom. The van der Waals surface area contributed by atoms with Gasteiger partial charge in [0.25, 0.3) is 5.91 Å². The molecule has 2 rings (SSSR count). The molecule has 3 heteroatoms. The van der Waals surface area contributed by atoms with E-state index in [4.69, 9.17) is 0 Å². The first-order valence-electron chi connectivity index (χ1n) is 7.66. The van der Waals surface area contributed by atoms with Crippen LogP contribution in [0.4, 0.5) is 5.69 Å². The van der Waals surface area contributed by atoms with E-state index in [1.807, 2.05) is 29.2 Å². The number of para-hydroxylation sites is 1. The van der Waals surface area contributed by atoms with Crippen molar-refractivity contribution in [3.05, 3.63) is 29.8 Å². The van der Waals surface area contributed by atoms with Gasteiger partial charge in [-0.05, 0) is 36.8 Å². The van der Waals surface area contributed by atoms with E-state index >= 15 is 0 Å². The highest BCUT2D eigenvalue weighted by Crippen LogP contribution is 2.31. The van der Waals surface area contributed by atoms with Crippen LogP contribution < -0.4 is 5.32 Å². The van der Waals surface area contributed by atoms with Gasteiger partial charge >= 0.3 is 0 Å². The molecule has 1 fully saturated rings. The first-order valence-corrected chi connectivity index (χ1v) is 7.66. The molecule has 20 heavy (non-hydrogen) atoms. The van der Waals surface area contributed by atoms with Crippen LogP contribution in [0.5, 0.6) is 0 Å². The van der Waals surface area contributed by atoms with Crippen LogP contribution in [0.15, 0.2) is 24.3 Å². The molecule has 1 amide bonds. The van der Waals surface area contributed by atoms with E-state index in [1.165, 1.54) is 0 Å². The second-order valence-electron chi connectivity index (χ2n) is 6.43. The number of amides is 1. The number of hydrogen-bond donors (Lipinski definition) is 1.